The monoisotopic (exact) mass is 466 g/mol. The van der Waals surface area contributed by atoms with E-state index in [1.807, 2.05) is 0 Å². The van der Waals surface area contributed by atoms with Gasteiger partial charge in [-0.05, 0) is 86.0 Å². The quantitative estimate of drug-likeness (QED) is 0.682. The van der Waals surface area contributed by atoms with Crippen LogP contribution in [-0.2, 0) is 6.42 Å². The van der Waals surface area contributed by atoms with E-state index in [1.165, 1.54) is 18.2 Å². The van der Waals surface area contributed by atoms with Crippen LogP contribution < -0.4 is 10.5 Å². The molecule has 0 unspecified atom stereocenters. The third-order valence-electron chi connectivity index (χ3n) is 6.40. The molecule has 1 saturated carbocycles. The Morgan fingerprint density at radius 2 is 1.78 bits per heavy atom. The normalized spacial score (nSPS) is 24.6. The van der Waals surface area contributed by atoms with E-state index in [-0.39, 0.29) is 41.5 Å². The zero-order chi connectivity index (χ0) is 22.0. The number of aliphatic hydroxyl groups is 1. The maximum absolute atomic E-state index is 14.4. The molecule has 1 saturated heterocycles. The van der Waals surface area contributed by atoms with E-state index in [0.717, 1.165) is 12.0 Å². The van der Waals surface area contributed by atoms with E-state index < -0.39 is 18.0 Å². The Bertz CT molecular complexity index is 928. The van der Waals surface area contributed by atoms with Gasteiger partial charge in [0.25, 0.3) is 5.91 Å². The van der Waals surface area contributed by atoms with Crippen molar-refractivity contribution in [1.82, 2.24) is 4.90 Å². The Labute approximate surface area is 193 Å². The van der Waals surface area contributed by atoms with Gasteiger partial charge in [0.05, 0.1) is 11.7 Å². The van der Waals surface area contributed by atoms with Gasteiger partial charge >= 0.3 is 0 Å². The minimum atomic E-state index is -0.669. The van der Waals surface area contributed by atoms with Gasteiger partial charge in [0, 0.05) is 13.1 Å². The summed E-state index contributed by atoms with van der Waals surface area (Å²) in [5.74, 6) is -0.357. The molecule has 32 heavy (non-hydrogen) atoms. The number of aliphatic hydroxyl groups excluding tert-OH is 1. The lowest BCUT2D eigenvalue weighted by Crippen LogP contribution is -2.42. The first-order valence-electron chi connectivity index (χ1n) is 10.8. The molecule has 2 aromatic carbocycles. The second kappa shape index (κ2) is 10.6. The molecule has 0 aromatic heterocycles. The Morgan fingerprint density at radius 1 is 1.09 bits per heavy atom. The SMILES string of the molecule is Cl.NCCCc1ccc(F)c(C(=O)N2C[C@H]3C[C@@H](Oc4ccc(F)cc4)[C@H](O)C[C@H]3C2)c1. The van der Waals surface area contributed by atoms with Crippen LogP contribution in [0.3, 0.4) is 0 Å². The molecule has 4 atom stereocenters. The van der Waals surface area contributed by atoms with Crippen molar-refractivity contribution in [2.45, 2.75) is 37.9 Å². The first kappa shape index (κ1) is 24.4. The van der Waals surface area contributed by atoms with E-state index in [2.05, 4.69) is 0 Å². The largest absolute Gasteiger partial charge is 0.488 e. The van der Waals surface area contributed by atoms with Gasteiger partial charge in [-0.25, -0.2) is 8.78 Å². The summed E-state index contributed by atoms with van der Waals surface area (Å²) >= 11 is 0. The van der Waals surface area contributed by atoms with Crippen molar-refractivity contribution in [3.63, 3.8) is 0 Å². The maximum atomic E-state index is 14.4. The predicted octanol–water partition coefficient (Wildman–Crippen LogP) is 3.57. The van der Waals surface area contributed by atoms with E-state index >= 15 is 0 Å². The van der Waals surface area contributed by atoms with Crippen LogP contribution in [-0.4, -0.2) is 47.8 Å². The van der Waals surface area contributed by atoms with Gasteiger partial charge in [-0.2, -0.15) is 0 Å². The second-order valence-electron chi connectivity index (χ2n) is 8.59. The molecule has 1 heterocycles. The number of fused-ring (bicyclic) bond motifs is 1. The van der Waals surface area contributed by atoms with Crippen molar-refractivity contribution < 1.29 is 23.4 Å². The van der Waals surface area contributed by atoms with Crippen molar-refractivity contribution in [2.24, 2.45) is 17.6 Å². The smallest absolute Gasteiger partial charge is 0.256 e. The number of likely N-dealkylation sites (tertiary alicyclic amines) is 1. The summed E-state index contributed by atoms with van der Waals surface area (Å²) in [6.07, 6.45) is 1.50. The second-order valence-corrected chi connectivity index (χ2v) is 8.59. The highest BCUT2D eigenvalue weighted by atomic mass is 35.5. The number of nitrogens with zero attached hydrogens (tertiary/aromatic N) is 1. The summed E-state index contributed by atoms with van der Waals surface area (Å²) in [6, 6.07) is 10.4. The molecule has 5 nitrogen and oxygen atoms in total. The van der Waals surface area contributed by atoms with Gasteiger partial charge < -0.3 is 20.5 Å². The van der Waals surface area contributed by atoms with Gasteiger partial charge in [-0.1, -0.05) is 6.07 Å². The van der Waals surface area contributed by atoms with Crippen LogP contribution in [0.25, 0.3) is 0 Å². The Balaban J connectivity index is 0.00000289. The van der Waals surface area contributed by atoms with Crippen molar-refractivity contribution in [2.75, 3.05) is 19.6 Å². The summed E-state index contributed by atoms with van der Waals surface area (Å²) in [4.78, 5) is 14.7. The van der Waals surface area contributed by atoms with Crippen LogP contribution in [0.1, 0.15) is 35.2 Å². The number of ether oxygens (including phenoxy) is 1. The minimum absolute atomic E-state index is 0. The number of rotatable bonds is 6. The highest BCUT2D eigenvalue weighted by Gasteiger charge is 2.44. The number of hydrogen-bond donors (Lipinski definition) is 2. The van der Waals surface area contributed by atoms with Gasteiger partial charge in [0.1, 0.15) is 23.5 Å². The van der Waals surface area contributed by atoms with Crippen LogP contribution >= 0.6 is 12.4 Å². The topological polar surface area (TPSA) is 75.8 Å². The van der Waals surface area contributed by atoms with Gasteiger partial charge in [-0.15, -0.1) is 12.4 Å². The van der Waals surface area contributed by atoms with Crippen LogP contribution in [0.4, 0.5) is 8.78 Å². The standard InChI is InChI=1S/C24H28F2N2O3.ClH/c25-18-4-6-19(7-5-18)31-23-12-17-14-28(13-16(17)11-22(23)29)24(30)20-10-15(2-1-9-27)3-8-21(20)26;/h3-8,10,16-17,22-23,29H,1-2,9,11-14,27H2;1H/t16-,17+,22+,23+;/m0./s1. The van der Waals surface area contributed by atoms with E-state index in [1.54, 1.807) is 29.2 Å². The average molecular weight is 467 g/mol. The highest BCUT2D eigenvalue weighted by Crippen LogP contribution is 2.38. The first-order valence-corrected chi connectivity index (χ1v) is 10.8. The van der Waals surface area contributed by atoms with Crippen LogP contribution in [0, 0.1) is 23.5 Å². The zero-order valence-corrected chi connectivity index (χ0v) is 18.6. The molecule has 1 aliphatic heterocycles. The number of hydrogen-bond acceptors (Lipinski definition) is 4. The number of amides is 1. The van der Waals surface area contributed by atoms with Gasteiger partial charge in [0.2, 0.25) is 0 Å². The van der Waals surface area contributed by atoms with Crippen molar-refractivity contribution >= 4 is 18.3 Å². The molecule has 0 spiro atoms. The molecular weight excluding hydrogens is 438 g/mol. The van der Waals surface area contributed by atoms with E-state index in [0.29, 0.717) is 44.6 Å². The van der Waals surface area contributed by atoms with Crippen LogP contribution in [0.5, 0.6) is 5.75 Å². The van der Waals surface area contributed by atoms with Gasteiger partial charge in [-0.3, -0.25) is 4.79 Å². The Hall–Kier alpha value is -2.22. The van der Waals surface area contributed by atoms with E-state index in [4.69, 9.17) is 10.5 Å². The summed E-state index contributed by atoms with van der Waals surface area (Å²) in [7, 11) is 0. The summed E-state index contributed by atoms with van der Waals surface area (Å²) < 4.78 is 33.4. The molecule has 174 valence electrons. The number of benzene rings is 2. The molecule has 3 N–H and O–H groups in total. The molecule has 2 aromatic rings. The lowest BCUT2D eigenvalue weighted by atomic mass is 9.78. The van der Waals surface area contributed by atoms with E-state index in [9.17, 15) is 18.7 Å². The van der Waals surface area contributed by atoms with Crippen LogP contribution in [0.2, 0.25) is 0 Å². The summed E-state index contributed by atoms with van der Waals surface area (Å²) in [5.41, 5.74) is 6.54. The fraction of sp³-hybridized carbons (Fsp3) is 0.458. The fourth-order valence-corrected chi connectivity index (χ4v) is 4.74. The number of carbonyl (C=O) groups excluding carboxylic acids is 1. The summed E-state index contributed by atoms with van der Waals surface area (Å²) in [6.45, 7) is 1.54. The van der Waals surface area contributed by atoms with Gasteiger partial charge in [0.15, 0.2) is 0 Å². The first-order chi connectivity index (χ1) is 14.9. The molecule has 0 radical (unpaired) electrons. The average Bonchev–Trinajstić information content (AvgIpc) is 3.17. The number of carbonyl (C=O) groups is 1. The van der Waals surface area contributed by atoms with Crippen molar-refractivity contribution in [3.8, 4) is 5.75 Å². The minimum Gasteiger partial charge on any atom is -0.488 e. The number of halogens is 3. The van der Waals surface area contributed by atoms with Crippen molar-refractivity contribution in [1.29, 1.82) is 0 Å². The molecule has 2 aliphatic rings. The van der Waals surface area contributed by atoms with Crippen LogP contribution in [0.15, 0.2) is 42.5 Å². The predicted molar refractivity (Wildman–Crippen MR) is 120 cm³/mol. The molecule has 8 heteroatoms. The molecule has 0 bridgehead atoms. The Morgan fingerprint density at radius 3 is 2.47 bits per heavy atom. The number of aryl methyl sites for hydroxylation is 1. The highest BCUT2D eigenvalue weighted by molar-refractivity contribution is 5.95. The lowest BCUT2D eigenvalue weighted by molar-refractivity contribution is -0.0231. The molecule has 1 aliphatic carbocycles. The fourth-order valence-electron chi connectivity index (χ4n) is 4.74. The summed E-state index contributed by atoms with van der Waals surface area (Å²) in [5, 5.41) is 10.6. The zero-order valence-electron chi connectivity index (χ0n) is 17.8. The van der Waals surface area contributed by atoms with Crippen molar-refractivity contribution in [3.05, 3.63) is 65.2 Å². The molecule has 2 fully saturated rings. The lowest BCUT2D eigenvalue weighted by Gasteiger charge is -2.35. The molecular formula is C24H29ClF2N2O3. The molecule has 4 rings (SSSR count). The third-order valence-corrected chi connectivity index (χ3v) is 6.40. The maximum Gasteiger partial charge on any atom is 0.256 e. The third kappa shape index (κ3) is 5.39. The number of nitrogens with two attached hydrogens (primary N) is 1. The Kier molecular flexibility index (Phi) is 8.09. The molecule has 1 amide bonds.